The van der Waals surface area contributed by atoms with Gasteiger partial charge in [0.15, 0.2) is 11.5 Å². The smallest absolute Gasteiger partial charge is 0.328 e. The molecular weight excluding hydrogens is 581 g/mol. The zero-order valence-corrected chi connectivity index (χ0v) is 21.8. The highest BCUT2D eigenvalue weighted by Gasteiger charge is 2.41. The van der Waals surface area contributed by atoms with Crippen LogP contribution in [0.25, 0.3) is 6.08 Å². The molecule has 0 N–H and O–H groups in total. The van der Waals surface area contributed by atoms with E-state index in [0.717, 1.165) is 25.8 Å². The first-order valence-corrected chi connectivity index (χ1v) is 12.2. The van der Waals surface area contributed by atoms with E-state index < -0.39 is 23.2 Å². The standard InChI is InChI=1S/C23H21ClINO6S/c1-4-31-18-10-14(9-17(25)20(18)32-12-15-7-5-6-8-16(15)24)11-19-21(27)26(23(29)33-19)13(2)22(28)30-3/h5-11,13H,4,12H2,1-3H3/b19-11+/t13-/m1/s1. The maximum absolute atomic E-state index is 12.8. The number of rotatable bonds is 8. The van der Waals surface area contributed by atoms with Crippen LogP contribution in [0.15, 0.2) is 41.3 Å². The third-order valence-corrected chi connectivity index (χ3v) is 6.77. The van der Waals surface area contributed by atoms with E-state index in [2.05, 4.69) is 27.3 Å². The molecule has 1 atom stereocenters. The van der Waals surface area contributed by atoms with E-state index in [4.69, 9.17) is 21.1 Å². The molecule has 3 rings (SSSR count). The average molecular weight is 602 g/mol. The number of amides is 2. The van der Waals surface area contributed by atoms with E-state index in [1.54, 1.807) is 18.2 Å². The van der Waals surface area contributed by atoms with Gasteiger partial charge >= 0.3 is 5.97 Å². The van der Waals surface area contributed by atoms with Crippen molar-refractivity contribution in [3.05, 3.63) is 61.0 Å². The van der Waals surface area contributed by atoms with Gasteiger partial charge in [0.2, 0.25) is 0 Å². The third kappa shape index (κ3) is 5.82. The van der Waals surface area contributed by atoms with Gasteiger partial charge in [-0.1, -0.05) is 29.8 Å². The molecule has 1 heterocycles. The van der Waals surface area contributed by atoms with Crippen LogP contribution in [-0.4, -0.2) is 41.8 Å². The minimum atomic E-state index is -1.01. The Balaban J connectivity index is 1.88. The number of esters is 1. The number of nitrogens with zero attached hydrogens (tertiary/aromatic N) is 1. The topological polar surface area (TPSA) is 82.1 Å². The van der Waals surface area contributed by atoms with Gasteiger partial charge in [0.25, 0.3) is 11.1 Å². The Morgan fingerprint density at radius 1 is 1.24 bits per heavy atom. The van der Waals surface area contributed by atoms with Crippen LogP contribution in [-0.2, 0) is 20.9 Å². The molecule has 7 nitrogen and oxygen atoms in total. The van der Waals surface area contributed by atoms with E-state index in [1.165, 1.54) is 14.0 Å². The predicted octanol–water partition coefficient (Wildman–Crippen LogP) is 5.52. The molecule has 1 aliphatic rings. The fourth-order valence-electron chi connectivity index (χ4n) is 3.08. The molecule has 0 unspecified atom stereocenters. The molecule has 1 saturated heterocycles. The molecule has 2 aromatic rings. The fraction of sp³-hybridized carbons (Fsp3) is 0.261. The maximum Gasteiger partial charge on any atom is 0.328 e. The van der Waals surface area contributed by atoms with Gasteiger partial charge in [0, 0.05) is 10.6 Å². The molecule has 1 fully saturated rings. The summed E-state index contributed by atoms with van der Waals surface area (Å²) in [5, 5.41) is 0.0857. The fourth-order valence-corrected chi connectivity index (χ4v) is 4.96. The van der Waals surface area contributed by atoms with Crippen LogP contribution in [0.3, 0.4) is 0 Å². The van der Waals surface area contributed by atoms with Crippen molar-refractivity contribution in [3.8, 4) is 11.5 Å². The van der Waals surface area contributed by atoms with Crippen molar-refractivity contribution in [1.82, 2.24) is 4.90 Å². The molecule has 0 spiro atoms. The number of hydrogen-bond donors (Lipinski definition) is 0. The normalized spacial score (nSPS) is 15.7. The molecule has 0 aromatic heterocycles. The highest BCUT2D eigenvalue weighted by atomic mass is 127. The van der Waals surface area contributed by atoms with Gasteiger partial charge in [-0.3, -0.25) is 14.5 Å². The summed E-state index contributed by atoms with van der Waals surface area (Å²) in [6.45, 7) is 3.98. The maximum atomic E-state index is 12.8. The Hall–Kier alpha value is -2.24. The van der Waals surface area contributed by atoms with Gasteiger partial charge < -0.3 is 14.2 Å². The molecule has 2 amide bonds. The number of methoxy groups -OCH3 is 1. The van der Waals surface area contributed by atoms with Gasteiger partial charge in [-0.05, 0) is 78.0 Å². The minimum Gasteiger partial charge on any atom is -0.490 e. The SMILES string of the molecule is CCOc1cc(/C=C2/SC(=O)N([C@H](C)C(=O)OC)C2=O)cc(I)c1OCc1ccccc1Cl. The summed E-state index contributed by atoms with van der Waals surface area (Å²) < 4.78 is 17.2. The zero-order valence-electron chi connectivity index (χ0n) is 18.1. The number of benzene rings is 2. The summed E-state index contributed by atoms with van der Waals surface area (Å²) in [6, 6.07) is 9.97. The van der Waals surface area contributed by atoms with Crippen molar-refractivity contribution in [2.75, 3.05) is 13.7 Å². The van der Waals surface area contributed by atoms with Gasteiger partial charge in [-0.25, -0.2) is 4.79 Å². The van der Waals surface area contributed by atoms with Gasteiger partial charge in [0.1, 0.15) is 12.6 Å². The van der Waals surface area contributed by atoms with Crippen molar-refractivity contribution < 1.29 is 28.6 Å². The predicted molar refractivity (Wildman–Crippen MR) is 135 cm³/mol. The summed E-state index contributed by atoms with van der Waals surface area (Å²) in [6.07, 6.45) is 1.59. The molecule has 0 saturated carbocycles. The monoisotopic (exact) mass is 601 g/mol. The summed E-state index contributed by atoms with van der Waals surface area (Å²) in [5.41, 5.74) is 1.50. The second kappa shape index (κ2) is 11.3. The minimum absolute atomic E-state index is 0.207. The summed E-state index contributed by atoms with van der Waals surface area (Å²) in [5.74, 6) is -0.145. The molecule has 2 aromatic carbocycles. The molecule has 1 aliphatic heterocycles. The van der Waals surface area contributed by atoms with Crippen LogP contribution < -0.4 is 9.47 Å². The first-order valence-electron chi connectivity index (χ1n) is 9.94. The Bertz CT molecular complexity index is 1120. The van der Waals surface area contributed by atoms with E-state index in [0.29, 0.717) is 28.7 Å². The van der Waals surface area contributed by atoms with Crippen molar-refractivity contribution in [3.63, 3.8) is 0 Å². The van der Waals surface area contributed by atoms with E-state index in [9.17, 15) is 14.4 Å². The number of carbonyl (C=O) groups excluding carboxylic acids is 3. The van der Waals surface area contributed by atoms with Crippen molar-refractivity contribution in [2.45, 2.75) is 26.5 Å². The molecule has 174 valence electrons. The zero-order chi connectivity index (χ0) is 24.1. The highest BCUT2D eigenvalue weighted by Crippen LogP contribution is 2.38. The molecule has 0 bridgehead atoms. The lowest BCUT2D eigenvalue weighted by Gasteiger charge is -2.18. The Kier molecular flexibility index (Phi) is 8.66. The van der Waals surface area contributed by atoms with Crippen molar-refractivity contribution in [1.29, 1.82) is 0 Å². The number of imide groups is 1. The quantitative estimate of drug-likeness (QED) is 0.224. The lowest BCUT2D eigenvalue weighted by atomic mass is 10.1. The average Bonchev–Trinajstić information content (AvgIpc) is 3.06. The second-order valence-corrected chi connectivity index (χ2v) is 9.46. The van der Waals surface area contributed by atoms with Crippen LogP contribution in [0, 0.1) is 3.57 Å². The largest absolute Gasteiger partial charge is 0.490 e. The molecule has 33 heavy (non-hydrogen) atoms. The van der Waals surface area contributed by atoms with Gasteiger partial charge in [-0.2, -0.15) is 0 Å². The lowest BCUT2D eigenvalue weighted by molar-refractivity contribution is -0.148. The summed E-state index contributed by atoms with van der Waals surface area (Å²) in [4.78, 5) is 38.0. The summed E-state index contributed by atoms with van der Waals surface area (Å²) in [7, 11) is 1.21. The Morgan fingerprint density at radius 2 is 1.97 bits per heavy atom. The van der Waals surface area contributed by atoms with Gasteiger partial charge in [-0.15, -0.1) is 0 Å². The first-order chi connectivity index (χ1) is 15.8. The highest BCUT2D eigenvalue weighted by molar-refractivity contribution is 14.1. The number of carbonyl (C=O) groups is 3. The Labute approximate surface area is 214 Å². The molecule has 0 radical (unpaired) electrons. The molecule has 0 aliphatic carbocycles. The number of hydrogen-bond acceptors (Lipinski definition) is 7. The van der Waals surface area contributed by atoms with Crippen molar-refractivity contribution in [2.24, 2.45) is 0 Å². The van der Waals surface area contributed by atoms with E-state index in [-0.39, 0.29) is 11.5 Å². The van der Waals surface area contributed by atoms with E-state index >= 15 is 0 Å². The third-order valence-electron chi connectivity index (χ3n) is 4.71. The number of ether oxygens (including phenoxy) is 3. The lowest BCUT2D eigenvalue weighted by Crippen LogP contribution is -2.42. The summed E-state index contributed by atoms with van der Waals surface area (Å²) >= 11 is 9.13. The van der Waals surface area contributed by atoms with Crippen molar-refractivity contribution >= 4 is 69.1 Å². The van der Waals surface area contributed by atoms with Gasteiger partial charge in [0.05, 0.1) is 22.2 Å². The second-order valence-electron chi connectivity index (χ2n) is 6.89. The van der Waals surface area contributed by atoms with E-state index in [1.807, 2.05) is 31.2 Å². The van der Waals surface area contributed by atoms with Crippen LogP contribution in [0.1, 0.15) is 25.0 Å². The van der Waals surface area contributed by atoms with Crippen LogP contribution in [0.4, 0.5) is 4.79 Å². The number of thioether (sulfide) groups is 1. The van der Waals surface area contributed by atoms with Crippen LogP contribution in [0.5, 0.6) is 11.5 Å². The first kappa shape index (κ1) is 25.4. The molecular formula is C23H21ClINO6S. The Morgan fingerprint density at radius 3 is 2.64 bits per heavy atom. The molecule has 10 heteroatoms. The van der Waals surface area contributed by atoms with Crippen LogP contribution >= 0.6 is 46.0 Å². The van der Waals surface area contributed by atoms with Crippen LogP contribution in [0.2, 0.25) is 5.02 Å². The number of halogens is 2.